The number of nitrogens with one attached hydrogen (secondary N) is 1. The van der Waals surface area contributed by atoms with Crippen molar-refractivity contribution in [3.63, 3.8) is 0 Å². The lowest BCUT2D eigenvalue weighted by molar-refractivity contribution is -0.122. The number of rotatable bonds is 7. The van der Waals surface area contributed by atoms with E-state index in [1.165, 1.54) is 22.5 Å². The van der Waals surface area contributed by atoms with E-state index in [-0.39, 0.29) is 5.91 Å². The standard InChI is InChI=1S/C19H18ClN3O2S2/c1-12-7-3-4-8-14(12)11-26-19-23-22-18(27-19)21-17(24)13(2)25-16-10-6-5-9-15(16)20/h3-10,13H,11H2,1-2H3,(H,21,22,24). The Morgan fingerprint density at radius 2 is 1.96 bits per heavy atom. The Morgan fingerprint density at radius 3 is 2.74 bits per heavy atom. The molecule has 1 N–H and O–H groups in total. The molecule has 0 aliphatic rings. The third-order valence-electron chi connectivity index (χ3n) is 3.76. The van der Waals surface area contributed by atoms with Crippen molar-refractivity contribution in [2.24, 2.45) is 0 Å². The largest absolute Gasteiger partial charge is 0.479 e. The SMILES string of the molecule is Cc1ccccc1CSc1nnc(NC(=O)C(C)Oc2ccccc2Cl)s1. The Morgan fingerprint density at radius 1 is 1.22 bits per heavy atom. The average molecular weight is 420 g/mol. The highest BCUT2D eigenvalue weighted by Crippen LogP contribution is 2.29. The smallest absolute Gasteiger partial charge is 0.266 e. The van der Waals surface area contributed by atoms with E-state index in [2.05, 4.69) is 34.6 Å². The molecule has 1 atom stereocenters. The fourth-order valence-electron chi connectivity index (χ4n) is 2.22. The van der Waals surface area contributed by atoms with Gasteiger partial charge in [0, 0.05) is 5.75 Å². The number of hydrogen-bond donors (Lipinski definition) is 1. The molecule has 8 heteroatoms. The van der Waals surface area contributed by atoms with Gasteiger partial charge in [-0.1, -0.05) is 71.1 Å². The Kier molecular flexibility index (Phi) is 6.71. The number of aromatic nitrogens is 2. The van der Waals surface area contributed by atoms with Crippen LogP contribution in [-0.2, 0) is 10.5 Å². The maximum Gasteiger partial charge on any atom is 0.266 e. The van der Waals surface area contributed by atoms with Crippen molar-refractivity contribution < 1.29 is 9.53 Å². The molecule has 2 aromatic carbocycles. The summed E-state index contributed by atoms with van der Waals surface area (Å²) in [6.45, 7) is 3.75. The average Bonchev–Trinajstić information content (AvgIpc) is 3.10. The van der Waals surface area contributed by atoms with Crippen molar-refractivity contribution in [1.82, 2.24) is 10.2 Å². The van der Waals surface area contributed by atoms with Gasteiger partial charge in [-0.3, -0.25) is 10.1 Å². The van der Waals surface area contributed by atoms with Gasteiger partial charge in [0.15, 0.2) is 10.4 Å². The molecule has 27 heavy (non-hydrogen) atoms. The number of para-hydroxylation sites is 1. The van der Waals surface area contributed by atoms with Crippen molar-refractivity contribution in [2.75, 3.05) is 5.32 Å². The molecule has 3 aromatic rings. The van der Waals surface area contributed by atoms with Crippen LogP contribution in [-0.4, -0.2) is 22.2 Å². The number of carbonyl (C=O) groups is 1. The molecule has 1 heterocycles. The van der Waals surface area contributed by atoms with Crippen molar-refractivity contribution in [3.8, 4) is 5.75 Å². The first-order valence-corrected chi connectivity index (χ1v) is 10.4. The van der Waals surface area contributed by atoms with Crippen LogP contribution >= 0.6 is 34.7 Å². The molecule has 0 bridgehead atoms. The molecule has 3 rings (SSSR count). The fraction of sp³-hybridized carbons (Fsp3) is 0.211. The Hall–Kier alpha value is -2.09. The summed E-state index contributed by atoms with van der Waals surface area (Å²) in [5.74, 6) is 0.969. The van der Waals surface area contributed by atoms with E-state index < -0.39 is 6.10 Å². The van der Waals surface area contributed by atoms with E-state index in [0.717, 1.165) is 10.1 Å². The highest BCUT2D eigenvalue weighted by atomic mass is 35.5. The summed E-state index contributed by atoms with van der Waals surface area (Å²) in [4.78, 5) is 12.3. The molecule has 1 unspecified atom stereocenters. The van der Waals surface area contributed by atoms with E-state index in [1.807, 2.05) is 12.1 Å². The van der Waals surface area contributed by atoms with E-state index in [4.69, 9.17) is 16.3 Å². The summed E-state index contributed by atoms with van der Waals surface area (Å²) in [6, 6.07) is 15.3. The molecule has 140 valence electrons. The Balaban J connectivity index is 1.54. The number of thioether (sulfide) groups is 1. The predicted octanol–water partition coefficient (Wildman–Crippen LogP) is 5.20. The van der Waals surface area contributed by atoms with E-state index in [0.29, 0.717) is 15.9 Å². The quantitative estimate of drug-likeness (QED) is 0.421. The van der Waals surface area contributed by atoms with Crippen molar-refractivity contribution in [3.05, 3.63) is 64.7 Å². The van der Waals surface area contributed by atoms with Gasteiger partial charge in [0.25, 0.3) is 5.91 Å². The molecular formula is C19H18ClN3O2S2. The maximum absolute atomic E-state index is 12.3. The monoisotopic (exact) mass is 419 g/mol. The predicted molar refractivity (Wildman–Crippen MR) is 111 cm³/mol. The number of hydrogen-bond acceptors (Lipinski definition) is 6. The van der Waals surface area contributed by atoms with Crippen LogP contribution in [0, 0.1) is 6.92 Å². The van der Waals surface area contributed by atoms with Crippen LogP contribution in [0.5, 0.6) is 5.75 Å². The molecule has 0 saturated heterocycles. The van der Waals surface area contributed by atoms with Crippen LogP contribution in [0.1, 0.15) is 18.1 Å². The molecular weight excluding hydrogens is 402 g/mol. The maximum atomic E-state index is 12.3. The molecule has 1 amide bonds. The zero-order chi connectivity index (χ0) is 19.2. The molecule has 1 aromatic heterocycles. The summed E-state index contributed by atoms with van der Waals surface area (Å²) < 4.78 is 6.41. The minimum atomic E-state index is -0.711. The summed E-state index contributed by atoms with van der Waals surface area (Å²) in [6.07, 6.45) is -0.711. The van der Waals surface area contributed by atoms with Crippen LogP contribution in [0.2, 0.25) is 5.02 Å². The van der Waals surface area contributed by atoms with Crippen molar-refractivity contribution in [2.45, 2.75) is 30.0 Å². The first-order valence-electron chi connectivity index (χ1n) is 8.26. The minimum absolute atomic E-state index is 0.304. The topological polar surface area (TPSA) is 64.1 Å². The van der Waals surface area contributed by atoms with E-state index >= 15 is 0 Å². The third-order valence-corrected chi connectivity index (χ3v) is 6.09. The molecule has 0 fully saturated rings. The molecule has 0 saturated carbocycles. The summed E-state index contributed by atoms with van der Waals surface area (Å²) in [5.41, 5.74) is 2.50. The number of aryl methyl sites for hydroxylation is 1. The second-order valence-electron chi connectivity index (χ2n) is 5.77. The van der Waals surface area contributed by atoms with Crippen LogP contribution in [0.15, 0.2) is 52.9 Å². The van der Waals surface area contributed by atoms with Gasteiger partial charge in [-0.2, -0.15) is 0 Å². The molecule has 5 nitrogen and oxygen atoms in total. The van der Waals surface area contributed by atoms with Crippen molar-refractivity contribution in [1.29, 1.82) is 0 Å². The number of anilines is 1. The van der Waals surface area contributed by atoms with Gasteiger partial charge in [0.05, 0.1) is 5.02 Å². The zero-order valence-corrected chi connectivity index (χ0v) is 17.2. The number of carbonyl (C=O) groups excluding carboxylic acids is 1. The number of nitrogens with zero attached hydrogens (tertiary/aromatic N) is 2. The van der Waals surface area contributed by atoms with Gasteiger partial charge in [-0.25, -0.2) is 0 Å². The van der Waals surface area contributed by atoms with Gasteiger partial charge in [0.1, 0.15) is 5.75 Å². The molecule has 0 spiro atoms. The zero-order valence-electron chi connectivity index (χ0n) is 14.8. The second-order valence-corrected chi connectivity index (χ2v) is 8.38. The fourth-order valence-corrected chi connectivity index (χ4v) is 4.23. The van der Waals surface area contributed by atoms with Crippen LogP contribution in [0.4, 0.5) is 5.13 Å². The first-order chi connectivity index (χ1) is 13.0. The van der Waals surface area contributed by atoms with Gasteiger partial charge < -0.3 is 4.74 Å². The Bertz CT molecular complexity index is 933. The van der Waals surface area contributed by atoms with Gasteiger partial charge in [0.2, 0.25) is 5.13 Å². The number of benzene rings is 2. The molecule has 0 aliphatic heterocycles. The number of amides is 1. The first kappa shape index (κ1) is 19.7. The highest BCUT2D eigenvalue weighted by molar-refractivity contribution is 8.00. The molecule has 0 aliphatic carbocycles. The van der Waals surface area contributed by atoms with E-state index in [1.54, 1.807) is 43.0 Å². The summed E-state index contributed by atoms with van der Waals surface area (Å²) in [7, 11) is 0. The van der Waals surface area contributed by atoms with Crippen LogP contribution in [0.25, 0.3) is 0 Å². The van der Waals surface area contributed by atoms with E-state index in [9.17, 15) is 4.79 Å². The number of ether oxygens (including phenoxy) is 1. The summed E-state index contributed by atoms with van der Waals surface area (Å²) >= 11 is 8.99. The van der Waals surface area contributed by atoms with Crippen LogP contribution < -0.4 is 10.1 Å². The minimum Gasteiger partial charge on any atom is -0.479 e. The normalized spacial score (nSPS) is 11.8. The molecule has 0 radical (unpaired) electrons. The Labute approximate surface area is 171 Å². The third kappa shape index (κ3) is 5.45. The highest BCUT2D eigenvalue weighted by Gasteiger charge is 2.18. The van der Waals surface area contributed by atoms with Crippen LogP contribution in [0.3, 0.4) is 0 Å². The lowest BCUT2D eigenvalue weighted by atomic mass is 10.1. The van der Waals surface area contributed by atoms with Gasteiger partial charge in [-0.05, 0) is 37.1 Å². The lowest BCUT2D eigenvalue weighted by Crippen LogP contribution is -2.30. The van der Waals surface area contributed by atoms with Crippen molar-refractivity contribution >= 4 is 45.7 Å². The van der Waals surface area contributed by atoms with Gasteiger partial charge in [-0.15, -0.1) is 10.2 Å². The number of halogens is 1. The summed E-state index contributed by atoms with van der Waals surface area (Å²) in [5, 5.41) is 11.8. The van der Waals surface area contributed by atoms with Gasteiger partial charge >= 0.3 is 0 Å². The second kappa shape index (κ2) is 9.21. The lowest BCUT2D eigenvalue weighted by Gasteiger charge is -2.14.